The second-order valence-corrected chi connectivity index (χ2v) is 8.47. The van der Waals surface area contributed by atoms with Crippen molar-refractivity contribution in [3.05, 3.63) is 59.4 Å². The fraction of sp³-hybridized carbons (Fsp3) is 0.0526. The summed E-state index contributed by atoms with van der Waals surface area (Å²) >= 11 is 5.84. The molecule has 164 valence electrons. The summed E-state index contributed by atoms with van der Waals surface area (Å²) in [6.45, 7) is 0. The summed E-state index contributed by atoms with van der Waals surface area (Å²) in [5.74, 6) is -2.21. The SMILES string of the molecule is COc1ncc(Cl)cc1S(=O)(=O)Nc1ccc(F)c(-c2cnc3nc(N)ccc3n2)c1F. The van der Waals surface area contributed by atoms with Crippen LogP contribution in [-0.2, 0) is 10.0 Å². The summed E-state index contributed by atoms with van der Waals surface area (Å²) < 4.78 is 62.4. The quantitative estimate of drug-likeness (QED) is 0.446. The molecule has 0 aliphatic rings. The van der Waals surface area contributed by atoms with Gasteiger partial charge in [0.15, 0.2) is 16.4 Å². The minimum Gasteiger partial charge on any atom is -0.480 e. The van der Waals surface area contributed by atoms with Crippen molar-refractivity contribution < 1.29 is 21.9 Å². The number of benzene rings is 1. The molecule has 0 amide bonds. The van der Waals surface area contributed by atoms with Gasteiger partial charge in [-0.1, -0.05) is 11.6 Å². The fourth-order valence-corrected chi connectivity index (χ4v) is 4.29. The molecule has 32 heavy (non-hydrogen) atoms. The van der Waals surface area contributed by atoms with E-state index in [1.165, 1.54) is 25.4 Å². The zero-order chi connectivity index (χ0) is 23.0. The smallest absolute Gasteiger partial charge is 0.267 e. The molecule has 0 spiro atoms. The van der Waals surface area contributed by atoms with E-state index in [1.807, 2.05) is 0 Å². The van der Waals surface area contributed by atoms with Crippen LogP contribution in [-0.4, -0.2) is 35.5 Å². The highest BCUT2D eigenvalue weighted by Gasteiger charge is 2.25. The Hall–Kier alpha value is -3.64. The second-order valence-electron chi connectivity index (χ2n) is 6.38. The summed E-state index contributed by atoms with van der Waals surface area (Å²) in [5, 5.41) is 0.0205. The molecule has 13 heteroatoms. The van der Waals surface area contributed by atoms with Crippen LogP contribution in [0.1, 0.15) is 0 Å². The van der Waals surface area contributed by atoms with Crippen LogP contribution >= 0.6 is 11.6 Å². The molecule has 9 nitrogen and oxygen atoms in total. The second kappa shape index (κ2) is 8.13. The van der Waals surface area contributed by atoms with Crippen molar-refractivity contribution in [2.45, 2.75) is 4.90 Å². The van der Waals surface area contributed by atoms with E-state index in [-0.39, 0.29) is 33.6 Å². The van der Waals surface area contributed by atoms with Gasteiger partial charge in [0.05, 0.1) is 35.3 Å². The van der Waals surface area contributed by atoms with E-state index in [1.54, 1.807) is 0 Å². The van der Waals surface area contributed by atoms with Crippen molar-refractivity contribution in [2.75, 3.05) is 17.6 Å². The third-order valence-electron chi connectivity index (χ3n) is 4.29. The van der Waals surface area contributed by atoms with Crippen LogP contribution < -0.4 is 15.2 Å². The number of anilines is 2. The highest BCUT2D eigenvalue weighted by Crippen LogP contribution is 2.32. The van der Waals surface area contributed by atoms with Gasteiger partial charge in [0, 0.05) is 6.20 Å². The predicted molar refractivity (Wildman–Crippen MR) is 114 cm³/mol. The van der Waals surface area contributed by atoms with E-state index in [4.69, 9.17) is 22.1 Å². The molecule has 3 N–H and O–H groups in total. The lowest BCUT2D eigenvalue weighted by Gasteiger charge is -2.13. The predicted octanol–water partition coefficient (Wildman–Crippen LogP) is 3.41. The molecule has 3 heterocycles. The van der Waals surface area contributed by atoms with E-state index in [9.17, 15) is 12.8 Å². The molecule has 0 aliphatic heterocycles. The first-order valence-corrected chi connectivity index (χ1v) is 10.7. The molecule has 0 saturated heterocycles. The number of ether oxygens (including phenoxy) is 1. The lowest BCUT2D eigenvalue weighted by molar-refractivity contribution is 0.385. The molecule has 0 atom stereocenters. The minimum absolute atomic E-state index is 0.0205. The number of hydrogen-bond donors (Lipinski definition) is 2. The maximum absolute atomic E-state index is 15.2. The van der Waals surface area contributed by atoms with E-state index in [2.05, 4.69) is 24.7 Å². The number of sulfonamides is 1. The molecule has 4 aromatic rings. The van der Waals surface area contributed by atoms with Crippen LogP contribution in [0.25, 0.3) is 22.4 Å². The first-order chi connectivity index (χ1) is 15.2. The van der Waals surface area contributed by atoms with E-state index in [0.29, 0.717) is 0 Å². The van der Waals surface area contributed by atoms with Gasteiger partial charge in [0.25, 0.3) is 10.0 Å². The molecule has 0 bridgehead atoms. The number of methoxy groups -OCH3 is 1. The molecule has 0 radical (unpaired) electrons. The standard InChI is InChI=1S/C19H13ClF2N6O3S/c1-31-19-14(6-9(20)7-25-19)32(29,30)28-11-3-2-10(21)16(17(11)22)13-8-24-18-12(26-13)4-5-15(23)27-18/h2-8,28H,1H3,(H2,23,24,27). The van der Waals surface area contributed by atoms with Gasteiger partial charge in [-0.05, 0) is 30.3 Å². The number of nitrogen functional groups attached to an aromatic ring is 1. The lowest BCUT2D eigenvalue weighted by atomic mass is 10.1. The van der Waals surface area contributed by atoms with Crippen molar-refractivity contribution >= 4 is 44.3 Å². The van der Waals surface area contributed by atoms with Crippen molar-refractivity contribution in [3.63, 3.8) is 0 Å². The van der Waals surface area contributed by atoms with Crippen molar-refractivity contribution in [1.82, 2.24) is 19.9 Å². The van der Waals surface area contributed by atoms with Crippen molar-refractivity contribution in [3.8, 4) is 17.1 Å². The Labute approximate surface area is 185 Å². The number of nitrogens with zero attached hydrogens (tertiary/aromatic N) is 4. The van der Waals surface area contributed by atoms with Gasteiger partial charge < -0.3 is 10.5 Å². The molecule has 0 fully saturated rings. The third-order valence-corrected chi connectivity index (χ3v) is 5.85. The van der Waals surface area contributed by atoms with Gasteiger partial charge in [-0.15, -0.1) is 0 Å². The molecule has 0 saturated carbocycles. The monoisotopic (exact) mass is 478 g/mol. The number of halogens is 3. The van der Waals surface area contributed by atoms with Crippen LogP contribution in [0, 0.1) is 11.6 Å². The first kappa shape index (κ1) is 21.6. The first-order valence-electron chi connectivity index (χ1n) is 8.79. The Kier molecular flexibility index (Phi) is 5.48. The Morgan fingerprint density at radius 3 is 2.62 bits per heavy atom. The van der Waals surface area contributed by atoms with Crippen molar-refractivity contribution in [1.29, 1.82) is 0 Å². The molecule has 0 unspecified atom stereocenters. The minimum atomic E-state index is -4.40. The molecular formula is C19H13ClF2N6O3S. The molecule has 1 aromatic carbocycles. The molecule has 4 rings (SSSR count). The number of hydrogen-bond acceptors (Lipinski definition) is 8. The Balaban J connectivity index is 1.79. The Bertz CT molecular complexity index is 1470. The average molecular weight is 479 g/mol. The summed E-state index contributed by atoms with van der Waals surface area (Å²) in [5.41, 5.74) is 4.76. The summed E-state index contributed by atoms with van der Waals surface area (Å²) in [6, 6.07) is 5.88. The lowest BCUT2D eigenvalue weighted by Crippen LogP contribution is -2.16. The van der Waals surface area contributed by atoms with E-state index in [0.717, 1.165) is 24.4 Å². The summed E-state index contributed by atoms with van der Waals surface area (Å²) in [7, 11) is -3.18. The number of nitrogens with one attached hydrogen (secondary N) is 1. The van der Waals surface area contributed by atoms with E-state index >= 15 is 4.39 Å². The van der Waals surface area contributed by atoms with Crippen LogP contribution in [0.5, 0.6) is 5.88 Å². The summed E-state index contributed by atoms with van der Waals surface area (Å²) in [6.07, 6.45) is 2.30. The summed E-state index contributed by atoms with van der Waals surface area (Å²) in [4.78, 5) is 15.5. The average Bonchev–Trinajstić information content (AvgIpc) is 2.76. The van der Waals surface area contributed by atoms with E-state index < -0.39 is 37.8 Å². The molecule has 3 aromatic heterocycles. The number of aromatic nitrogens is 4. The van der Waals surface area contributed by atoms with Crippen molar-refractivity contribution in [2.24, 2.45) is 0 Å². The Morgan fingerprint density at radius 1 is 1.09 bits per heavy atom. The maximum Gasteiger partial charge on any atom is 0.267 e. The zero-order valence-corrected chi connectivity index (χ0v) is 17.7. The van der Waals surface area contributed by atoms with Gasteiger partial charge in [0.2, 0.25) is 5.88 Å². The fourth-order valence-electron chi connectivity index (χ4n) is 2.86. The van der Waals surface area contributed by atoms with Crippen LogP contribution in [0.3, 0.4) is 0 Å². The van der Waals surface area contributed by atoms with Gasteiger partial charge in [-0.25, -0.2) is 37.1 Å². The van der Waals surface area contributed by atoms with Crippen LogP contribution in [0.4, 0.5) is 20.3 Å². The highest BCUT2D eigenvalue weighted by atomic mass is 35.5. The third kappa shape index (κ3) is 3.97. The number of rotatable bonds is 5. The van der Waals surface area contributed by atoms with Gasteiger partial charge in [0.1, 0.15) is 17.2 Å². The normalized spacial score (nSPS) is 11.5. The zero-order valence-electron chi connectivity index (χ0n) is 16.2. The molecule has 0 aliphatic carbocycles. The number of nitrogens with two attached hydrogens (primary N) is 1. The number of fused-ring (bicyclic) bond motifs is 1. The van der Waals surface area contributed by atoms with Crippen LogP contribution in [0.2, 0.25) is 5.02 Å². The van der Waals surface area contributed by atoms with Gasteiger partial charge in [-0.3, -0.25) is 4.72 Å². The largest absolute Gasteiger partial charge is 0.480 e. The highest BCUT2D eigenvalue weighted by molar-refractivity contribution is 7.92. The Morgan fingerprint density at radius 2 is 1.88 bits per heavy atom. The van der Waals surface area contributed by atoms with Gasteiger partial charge >= 0.3 is 0 Å². The molecular weight excluding hydrogens is 466 g/mol. The maximum atomic E-state index is 15.2. The number of pyridine rings is 2. The van der Waals surface area contributed by atoms with Crippen LogP contribution in [0.15, 0.2) is 47.6 Å². The topological polar surface area (TPSA) is 133 Å². The van der Waals surface area contributed by atoms with Gasteiger partial charge in [-0.2, -0.15) is 0 Å².